The first-order valence-corrected chi connectivity index (χ1v) is 5.52. The first-order valence-electron chi connectivity index (χ1n) is 5.52. The van der Waals surface area contributed by atoms with Gasteiger partial charge in [0.2, 0.25) is 0 Å². The van der Waals surface area contributed by atoms with Gasteiger partial charge in [0.1, 0.15) is 11.4 Å². The Labute approximate surface area is 99.0 Å². The third-order valence-corrected chi connectivity index (χ3v) is 2.03. The lowest BCUT2D eigenvalue weighted by Crippen LogP contribution is -2.22. The molecule has 1 rings (SSSR count). The van der Waals surface area contributed by atoms with Crippen molar-refractivity contribution in [1.29, 1.82) is 0 Å². The minimum atomic E-state index is -0.655. The number of aromatic nitrogens is 2. The SMILES string of the molecule is CCOCCc1ncc(C(=O)OCC)c(=O)[nH]1. The molecule has 0 aromatic carbocycles. The zero-order valence-electron chi connectivity index (χ0n) is 9.99. The second kappa shape index (κ2) is 6.80. The van der Waals surface area contributed by atoms with Crippen molar-refractivity contribution in [3.63, 3.8) is 0 Å². The van der Waals surface area contributed by atoms with Crippen molar-refractivity contribution >= 4 is 5.97 Å². The van der Waals surface area contributed by atoms with Crippen LogP contribution in [0.3, 0.4) is 0 Å². The molecular formula is C11H16N2O4. The molecule has 1 aromatic rings. The van der Waals surface area contributed by atoms with Crippen LogP contribution in [0.1, 0.15) is 30.0 Å². The molecule has 1 aromatic heterocycles. The average molecular weight is 240 g/mol. The van der Waals surface area contributed by atoms with Crippen LogP contribution in [0.2, 0.25) is 0 Å². The predicted octanol–water partition coefficient (Wildman–Crippen LogP) is 0.526. The van der Waals surface area contributed by atoms with E-state index in [2.05, 4.69) is 9.97 Å². The van der Waals surface area contributed by atoms with Crippen molar-refractivity contribution in [3.8, 4) is 0 Å². The van der Waals surface area contributed by atoms with Gasteiger partial charge in [-0.25, -0.2) is 9.78 Å². The molecule has 0 amide bonds. The van der Waals surface area contributed by atoms with Crippen LogP contribution >= 0.6 is 0 Å². The van der Waals surface area contributed by atoms with Crippen LogP contribution in [0.25, 0.3) is 0 Å². The lowest BCUT2D eigenvalue weighted by atomic mass is 10.3. The van der Waals surface area contributed by atoms with Crippen LogP contribution in [0.15, 0.2) is 11.0 Å². The average Bonchev–Trinajstić information content (AvgIpc) is 2.29. The zero-order valence-corrected chi connectivity index (χ0v) is 9.99. The maximum absolute atomic E-state index is 11.6. The third-order valence-electron chi connectivity index (χ3n) is 2.03. The van der Waals surface area contributed by atoms with Gasteiger partial charge in [-0.05, 0) is 13.8 Å². The molecule has 6 heteroatoms. The van der Waals surface area contributed by atoms with E-state index >= 15 is 0 Å². The van der Waals surface area contributed by atoms with Crippen LogP contribution in [-0.2, 0) is 15.9 Å². The number of rotatable bonds is 6. The van der Waals surface area contributed by atoms with Gasteiger partial charge in [-0.15, -0.1) is 0 Å². The molecule has 0 aliphatic rings. The summed E-state index contributed by atoms with van der Waals surface area (Å²) in [6, 6.07) is 0. The maximum atomic E-state index is 11.6. The van der Waals surface area contributed by atoms with Gasteiger partial charge in [-0.3, -0.25) is 4.79 Å². The summed E-state index contributed by atoms with van der Waals surface area (Å²) in [5.74, 6) is -0.158. The zero-order chi connectivity index (χ0) is 12.7. The number of H-pyrrole nitrogens is 1. The van der Waals surface area contributed by atoms with Crippen LogP contribution in [-0.4, -0.2) is 35.8 Å². The van der Waals surface area contributed by atoms with Gasteiger partial charge in [-0.1, -0.05) is 0 Å². The van der Waals surface area contributed by atoms with Gasteiger partial charge in [-0.2, -0.15) is 0 Å². The fraction of sp³-hybridized carbons (Fsp3) is 0.545. The molecule has 0 aliphatic heterocycles. The fourth-order valence-electron chi connectivity index (χ4n) is 1.23. The van der Waals surface area contributed by atoms with Gasteiger partial charge in [0.05, 0.1) is 13.2 Å². The Hall–Kier alpha value is -1.69. The largest absolute Gasteiger partial charge is 0.462 e. The second-order valence-corrected chi connectivity index (χ2v) is 3.24. The number of hydrogen-bond donors (Lipinski definition) is 1. The van der Waals surface area contributed by atoms with E-state index in [-0.39, 0.29) is 12.2 Å². The highest BCUT2D eigenvalue weighted by Crippen LogP contribution is 1.95. The number of esters is 1. The Morgan fingerprint density at radius 3 is 2.76 bits per heavy atom. The highest BCUT2D eigenvalue weighted by Gasteiger charge is 2.12. The van der Waals surface area contributed by atoms with E-state index in [1.54, 1.807) is 6.92 Å². The molecule has 1 heterocycles. The number of hydrogen-bond acceptors (Lipinski definition) is 5. The van der Waals surface area contributed by atoms with Crippen molar-refractivity contribution in [2.75, 3.05) is 19.8 Å². The number of nitrogens with one attached hydrogen (secondary N) is 1. The molecule has 6 nitrogen and oxygen atoms in total. The monoisotopic (exact) mass is 240 g/mol. The first kappa shape index (κ1) is 13.4. The van der Waals surface area contributed by atoms with Crippen molar-refractivity contribution in [1.82, 2.24) is 9.97 Å². The molecule has 0 radical (unpaired) electrons. The van der Waals surface area contributed by atoms with E-state index in [0.717, 1.165) is 0 Å². The van der Waals surface area contributed by atoms with Crippen LogP contribution in [0.5, 0.6) is 0 Å². The van der Waals surface area contributed by atoms with E-state index in [1.807, 2.05) is 6.92 Å². The Morgan fingerprint density at radius 1 is 1.41 bits per heavy atom. The molecule has 0 aliphatic carbocycles. The lowest BCUT2D eigenvalue weighted by molar-refractivity contribution is 0.0523. The summed E-state index contributed by atoms with van der Waals surface area (Å²) in [4.78, 5) is 29.4. The molecule has 0 fully saturated rings. The second-order valence-electron chi connectivity index (χ2n) is 3.24. The van der Waals surface area contributed by atoms with Gasteiger partial charge in [0.15, 0.2) is 0 Å². The topological polar surface area (TPSA) is 81.3 Å². The molecule has 0 bridgehead atoms. The van der Waals surface area contributed by atoms with Gasteiger partial charge in [0.25, 0.3) is 5.56 Å². The number of aromatic amines is 1. The summed E-state index contributed by atoms with van der Waals surface area (Å²) in [5.41, 5.74) is -0.558. The summed E-state index contributed by atoms with van der Waals surface area (Å²) in [5, 5.41) is 0. The highest BCUT2D eigenvalue weighted by molar-refractivity contribution is 5.88. The van der Waals surface area contributed by atoms with E-state index < -0.39 is 11.5 Å². The number of carbonyl (C=O) groups excluding carboxylic acids is 1. The molecular weight excluding hydrogens is 224 g/mol. The van der Waals surface area contributed by atoms with Crippen LogP contribution in [0.4, 0.5) is 0 Å². The summed E-state index contributed by atoms with van der Waals surface area (Å²) >= 11 is 0. The minimum absolute atomic E-state index is 0.0768. The molecule has 17 heavy (non-hydrogen) atoms. The smallest absolute Gasteiger partial charge is 0.345 e. The maximum Gasteiger partial charge on any atom is 0.345 e. The quantitative estimate of drug-likeness (QED) is 0.579. The van der Waals surface area contributed by atoms with E-state index in [9.17, 15) is 9.59 Å². The number of nitrogens with zero attached hydrogens (tertiary/aromatic N) is 1. The van der Waals surface area contributed by atoms with E-state index in [4.69, 9.17) is 9.47 Å². The van der Waals surface area contributed by atoms with Gasteiger partial charge >= 0.3 is 5.97 Å². The fourth-order valence-corrected chi connectivity index (χ4v) is 1.23. The van der Waals surface area contributed by atoms with Crippen molar-refractivity contribution in [2.45, 2.75) is 20.3 Å². The predicted molar refractivity (Wildman–Crippen MR) is 61.0 cm³/mol. The minimum Gasteiger partial charge on any atom is -0.462 e. The Kier molecular flexibility index (Phi) is 5.35. The van der Waals surface area contributed by atoms with Gasteiger partial charge < -0.3 is 14.5 Å². The molecule has 0 saturated carbocycles. The summed E-state index contributed by atoms with van der Waals surface area (Å²) in [6.07, 6.45) is 1.74. The van der Waals surface area contributed by atoms with E-state index in [1.165, 1.54) is 6.20 Å². The van der Waals surface area contributed by atoms with Crippen LogP contribution < -0.4 is 5.56 Å². The first-order chi connectivity index (χ1) is 8.19. The molecule has 0 saturated heterocycles. The summed E-state index contributed by atoms with van der Waals surface area (Å²) in [6.45, 7) is 4.89. The Balaban J connectivity index is 2.72. The summed E-state index contributed by atoms with van der Waals surface area (Å²) < 4.78 is 9.86. The normalized spacial score (nSPS) is 10.2. The van der Waals surface area contributed by atoms with Crippen molar-refractivity contribution in [3.05, 3.63) is 27.9 Å². The summed E-state index contributed by atoms with van der Waals surface area (Å²) in [7, 11) is 0. The van der Waals surface area contributed by atoms with Gasteiger partial charge in [0, 0.05) is 19.2 Å². The third kappa shape index (κ3) is 3.99. The van der Waals surface area contributed by atoms with Crippen LogP contribution in [0, 0.1) is 0 Å². The Bertz CT molecular complexity index is 428. The van der Waals surface area contributed by atoms with Crippen molar-refractivity contribution in [2.24, 2.45) is 0 Å². The molecule has 94 valence electrons. The molecule has 1 N–H and O–H groups in total. The number of ether oxygens (including phenoxy) is 2. The highest BCUT2D eigenvalue weighted by atomic mass is 16.5. The molecule has 0 spiro atoms. The van der Waals surface area contributed by atoms with Crippen molar-refractivity contribution < 1.29 is 14.3 Å². The molecule has 0 unspecified atom stereocenters. The van der Waals surface area contributed by atoms with E-state index in [0.29, 0.717) is 25.5 Å². The molecule has 0 atom stereocenters. The number of carbonyl (C=O) groups is 1. The standard InChI is InChI=1S/C11H16N2O4/c1-3-16-6-5-9-12-7-8(10(14)13-9)11(15)17-4-2/h7H,3-6H2,1-2H3,(H,12,13,14). The lowest BCUT2D eigenvalue weighted by Gasteiger charge is -2.03. The Morgan fingerprint density at radius 2 is 2.18 bits per heavy atom.